The maximum Gasteiger partial charge on any atom is -0.00647 e. The maximum atomic E-state index is 2.32. The smallest absolute Gasteiger partial charge is 0.00647 e. The summed E-state index contributed by atoms with van der Waals surface area (Å²) >= 11 is 0. The van der Waals surface area contributed by atoms with E-state index >= 15 is 0 Å². The zero-order valence-electron chi connectivity index (χ0n) is 15.7. The number of hydrogen-bond acceptors (Lipinski definition) is 0. The molecule has 0 aromatic heterocycles. The maximum absolute atomic E-state index is 2.32. The van der Waals surface area contributed by atoms with Crippen LogP contribution in [0.25, 0.3) is 21.9 Å². The predicted octanol–water partition coefficient (Wildman–Crippen LogP) is 6.46. The number of aryl methyl sites for hydroxylation is 1. The third kappa shape index (κ3) is 1.86. The minimum atomic E-state index is 1.17. The average molecular weight is 314 g/mol. The van der Waals surface area contributed by atoms with Crippen LogP contribution in [0.2, 0.25) is 0 Å². The monoisotopic (exact) mass is 314 g/mol. The van der Waals surface area contributed by atoms with Crippen molar-refractivity contribution in [3.63, 3.8) is 0 Å². The van der Waals surface area contributed by atoms with Gasteiger partial charge in [0.15, 0.2) is 0 Å². The summed E-state index contributed by atoms with van der Waals surface area (Å²) in [5.41, 5.74) is 15.0. The first-order chi connectivity index (χ1) is 11.4. The molecule has 0 atom stereocenters. The Morgan fingerprint density at radius 1 is 0.500 bits per heavy atom. The largest absolute Gasteiger partial charge is 0.0616 e. The molecule has 4 rings (SSSR count). The summed E-state index contributed by atoms with van der Waals surface area (Å²) in [4.78, 5) is 0. The van der Waals surface area contributed by atoms with Crippen LogP contribution in [-0.2, 0) is 12.8 Å². The van der Waals surface area contributed by atoms with Gasteiger partial charge in [0, 0.05) is 0 Å². The molecule has 0 unspecified atom stereocenters. The Morgan fingerprint density at radius 2 is 1.00 bits per heavy atom. The zero-order chi connectivity index (χ0) is 17.2. The number of hydrogen-bond donors (Lipinski definition) is 0. The molecule has 0 saturated heterocycles. The van der Waals surface area contributed by atoms with E-state index in [0.717, 1.165) is 0 Å². The number of fused-ring (bicyclic) bond motifs is 5. The molecule has 0 spiro atoms. The van der Waals surface area contributed by atoms with Crippen LogP contribution in [0.5, 0.6) is 0 Å². The highest BCUT2D eigenvalue weighted by Gasteiger charge is 2.26. The van der Waals surface area contributed by atoms with Crippen molar-refractivity contribution in [1.29, 1.82) is 0 Å². The van der Waals surface area contributed by atoms with E-state index in [9.17, 15) is 0 Å². The molecule has 0 heterocycles. The Bertz CT molecular complexity index is 1000. The van der Waals surface area contributed by atoms with E-state index in [1.165, 1.54) is 68.1 Å². The van der Waals surface area contributed by atoms with E-state index in [2.05, 4.69) is 65.8 Å². The first kappa shape index (κ1) is 15.4. The van der Waals surface area contributed by atoms with Crippen molar-refractivity contribution in [2.45, 2.75) is 54.4 Å². The first-order valence-corrected chi connectivity index (χ1v) is 9.03. The van der Waals surface area contributed by atoms with Crippen LogP contribution >= 0.6 is 0 Å². The van der Waals surface area contributed by atoms with Crippen LogP contribution in [-0.4, -0.2) is 0 Å². The van der Waals surface area contributed by atoms with Crippen molar-refractivity contribution in [3.05, 3.63) is 68.8 Å². The highest BCUT2D eigenvalue weighted by Crippen LogP contribution is 2.45. The molecule has 1 aliphatic rings. The van der Waals surface area contributed by atoms with Crippen LogP contribution in [0.1, 0.15) is 44.5 Å². The first-order valence-electron chi connectivity index (χ1n) is 9.03. The van der Waals surface area contributed by atoms with Crippen molar-refractivity contribution in [1.82, 2.24) is 0 Å². The summed E-state index contributed by atoms with van der Waals surface area (Å²) in [5.74, 6) is 0. The van der Waals surface area contributed by atoms with Crippen molar-refractivity contribution in [2.75, 3.05) is 0 Å². The van der Waals surface area contributed by atoms with Gasteiger partial charge in [-0.05, 0) is 121 Å². The van der Waals surface area contributed by atoms with Crippen LogP contribution in [0, 0.1) is 41.5 Å². The van der Waals surface area contributed by atoms with E-state index in [1.807, 2.05) is 0 Å². The van der Waals surface area contributed by atoms with E-state index in [-0.39, 0.29) is 0 Å². The van der Waals surface area contributed by atoms with Crippen molar-refractivity contribution >= 4 is 10.8 Å². The fraction of sp³-hybridized carbons (Fsp3) is 0.333. The molecule has 1 aliphatic carbocycles. The van der Waals surface area contributed by atoms with Gasteiger partial charge in [0.25, 0.3) is 0 Å². The second-order valence-electron chi connectivity index (χ2n) is 7.50. The van der Waals surface area contributed by atoms with Crippen molar-refractivity contribution < 1.29 is 0 Å². The lowest BCUT2D eigenvalue weighted by atomic mass is 9.74. The molecule has 0 bridgehead atoms. The lowest BCUT2D eigenvalue weighted by molar-refractivity contribution is 0.911. The summed E-state index contributed by atoms with van der Waals surface area (Å²) in [6.07, 6.45) is 2.34. The molecule has 0 aliphatic heterocycles. The van der Waals surface area contributed by atoms with Crippen molar-refractivity contribution in [3.8, 4) is 11.1 Å². The third-order valence-electron chi connectivity index (χ3n) is 6.61. The lowest BCUT2D eigenvalue weighted by Crippen LogP contribution is -2.12. The minimum Gasteiger partial charge on any atom is -0.0616 e. The van der Waals surface area contributed by atoms with E-state index in [1.54, 1.807) is 11.1 Å². The molecule has 3 aromatic rings. The normalized spacial score (nSPS) is 13.1. The number of benzene rings is 3. The van der Waals surface area contributed by atoms with E-state index in [0.29, 0.717) is 0 Å². The molecule has 0 saturated carbocycles. The molecular formula is C24H26. The van der Waals surface area contributed by atoms with Gasteiger partial charge in [-0.1, -0.05) is 24.3 Å². The fourth-order valence-electron chi connectivity index (χ4n) is 4.70. The highest BCUT2D eigenvalue weighted by molar-refractivity contribution is 6.03. The van der Waals surface area contributed by atoms with E-state index in [4.69, 9.17) is 0 Å². The Labute approximate surface area is 145 Å². The van der Waals surface area contributed by atoms with Crippen LogP contribution in [0.4, 0.5) is 0 Å². The molecule has 122 valence electrons. The molecule has 0 N–H and O–H groups in total. The standard InChI is InChI=1S/C24H26/c1-13-14(2)18(6)23-20(15(13)3)11-12-21-17(5)16(4)19-9-7-8-10-22(19)24(21)23/h7-10H,11-12H2,1-6H3. The van der Waals surface area contributed by atoms with Gasteiger partial charge in [-0.3, -0.25) is 0 Å². The molecule has 0 radical (unpaired) electrons. The van der Waals surface area contributed by atoms with E-state index < -0.39 is 0 Å². The van der Waals surface area contributed by atoms with Crippen molar-refractivity contribution in [2.24, 2.45) is 0 Å². The van der Waals surface area contributed by atoms with Crippen LogP contribution < -0.4 is 0 Å². The Hall–Kier alpha value is -2.08. The van der Waals surface area contributed by atoms with Crippen LogP contribution in [0.3, 0.4) is 0 Å². The summed E-state index contributed by atoms with van der Waals surface area (Å²) < 4.78 is 0. The summed E-state index contributed by atoms with van der Waals surface area (Å²) in [6, 6.07) is 8.97. The molecule has 0 nitrogen and oxygen atoms in total. The van der Waals surface area contributed by atoms with Gasteiger partial charge in [0.2, 0.25) is 0 Å². The average Bonchev–Trinajstić information content (AvgIpc) is 2.61. The van der Waals surface area contributed by atoms with Gasteiger partial charge in [0.05, 0.1) is 0 Å². The molecule has 0 heteroatoms. The summed E-state index contributed by atoms with van der Waals surface area (Å²) in [5, 5.41) is 2.85. The highest BCUT2D eigenvalue weighted by atomic mass is 14.3. The zero-order valence-corrected chi connectivity index (χ0v) is 15.7. The molecule has 3 aromatic carbocycles. The topological polar surface area (TPSA) is 0 Å². The third-order valence-corrected chi connectivity index (χ3v) is 6.61. The Balaban J connectivity index is 2.25. The SMILES string of the molecule is Cc1c(C)c(C)c2c(c1C)CCc1c(C)c(C)c3ccccc3c1-2. The quantitative estimate of drug-likeness (QED) is 0.447. The summed E-state index contributed by atoms with van der Waals surface area (Å²) in [7, 11) is 0. The van der Waals surface area contributed by atoms with Gasteiger partial charge >= 0.3 is 0 Å². The molecular weight excluding hydrogens is 288 g/mol. The van der Waals surface area contributed by atoms with Gasteiger partial charge in [0.1, 0.15) is 0 Å². The van der Waals surface area contributed by atoms with Gasteiger partial charge in [-0.2, -0.15) is 0 Å². The van der Waals surface area contributed by atoms with Gasteiger partial charge in [-0.25, -0.2) is 0 Å². The lowest BCUT2D eigenvalue weighted by Gasteiger charge is -2.30. The Kier molecular flexibility index (Phi) is 3.35. The number of rotatable bonds is 0. The summed E-state index contributed by atoms with van der Waals surface area (Å²) in [6.45, 7) is 13.8. The second kappa shape index (κ2) is 5.21. The minimum absolute atomic E-state index is 1.17. The predicted molar refractivity (Wildman–Crippen MR) is 105 cm³/mol. The van der Waals surface area contributed by atoms with Gasteiger partial charge in [-0.15, -0.1) is 0 Å². The molecule has 24 heavy (non-hydrogen) atoms. The van der Waals surface area contributed by atoms with Crippen LogP contribution in [0.15, 0.2) is 24.3 Å². The van der Waals surface area contributed by atoms with Gasteiger partial charge < -0.3 is 0 Å². The molecule has 0 fully saturated rings. The second-order valence-corrected chi connectivity index (χ2v) is 7.50. The Morgan fingerprint density at radius 3 is 1.67 bits per heavy atom. The molecule has 0 amide bonds. The fourth-order valence-corrected chi connectivity index (χ4v) is 4.70.